The normalized spacial score (nSPS) is 10.2. The highest BCUT2D eigenvalue weighted by atomic mass is 35.5. The van der Waals surface area contributed by atoms with Gasteiger partial charge in [0.1, 0.15) is 0 Å². The largest absolute Gasteiger partial charge is 0.398 e. The second-order valence-corrected chi connectivity index (χ2v) is 5.09. The Balaban J connectivity index is 2.07. The van der Waals surface area contributed by atoms with Crippen LogP contribution < -0.4 is 11.1 Å². The smallest absolute Gasteiger partial charge is 0.322 e. The molecule has 2 amide bonds. The van der Waals surface area contributed by atoms with Gasteiger partial charge in [-0.25, -0.2) is 4.79 Å². The number of anilines is 2. The summed E-state index contributed by atoms with van der Waals surface area (Å²) in [6, 6.07) is 14.4. The van der Waals surface area contributed by atoms with Crippen LogP contribution in [0.4, 0.5) is 16.2 Å². The molecule has 0 saturated heterocycles. The number of rotatable bonds is 4. The SMILES string of the molecule is CCN(Cc1ccccc1N)C(=O)Nc1cccc(Cl)c1. The minimum Gasteiger partial charge on any atom is -0.398 e. The third kappa shape index (κ3) is 4.13. The van der Waals surface area contributed by atoms with Crippen LogP contribution in [0.3, 0.4) is 0 Å². The summed E-state index contributed by atoms with van der Waals surface area (Å²) < 4.78 is 0. The van der Waals surface area contributed by atoms with E-state index in [1.807, 2.05) is 31.2 Å². The number of carbonyl (C=O) groups is 1. The third-order valence-electron chi connectivity index (χ3n) is 3.16. The summed E-state index contributed by atoms with van der Waals surface area (Å²) in [5.74, 6) is 0. The number of nitrogens with zero attached hydrogens (tertiary/aromatic N) is 1. The number of urea groups is 1. The number of carbonyl (C=O) groups excluding carboxylic acids is 1. The van der Waals surface area contributed by atoms with Crippen molar-refractivity contribution >= 4 is 29.0 Å². The molecule has 0 aliphatic carbocycles. The van der Waals surface area contributed by atoms with Crippen LogP contribution in [0.2, 0.25) is 5.02 Å². The van der Waals surface area contributed by atoms with Crippen molar-refractivity contribution < 1.29 is 4.79 Å². The van der Waals surface area contributed by atoms with E-state index in [9.17, 15) is 4.79 Å². The lowest BCUT2D eigenvalue weighted by Crippen LogP contribution is -2.34. The van der Waals surface area contributed by atoms with Crippen LogP contribution >= 0.6 is 11.6 Å². The first kappa shape index (κ1) is 15.2. The molecule has 0 bridgehead atoms. The van der Waals surface area contributed by atoms with E-state index in [0.29, 0.717) is 29.5 Å². The predicted octanol–water partition coefficient (Wildman–Crippen LogP) is 3.98. The number of benzene rings is 2. The molecule has 110 valence electrons. The van der Waals surface area contributed by atoms with E-state index in [-0.39, 0.29) is 6.03 Å². The van der Waals surface area contributed by atoms with Gasteiger partial charge in [-0.3, -0.25) is 0 Å². The highest BCUT2D eigenvalue weighted by Gasteiger charge is 2.13. The van der Waals surface area contributed by atoms with Gasteiger partial charge >= 0.3 is 6.03 Å². The second kappa shape index (κ2) is 6.99. The first-order valence-electron chi connectivity index (χ1n) is 6.75. The maximum atomic E-state index is 12.3. The monoisotopic (exact) mass is 303 g/mol. The van der Waals surface area contributed by atoms with Crippen LogP contribution in [-0.2, 0) is 6.54 Å². The molecule has 4 nitrogen and oxygen atoms in total. The Labute approximate surface area is 129 Å². The minimum atomic E-state index is -0.178. The van der Waals surface area contributed by atoms with Gasteiger partial charge in [0.2, 0.25) is 0 Å². The molecule has 0 atom stereocenters. The zero-order chi connectivity index (χ0) is 15.2. The van der Waals surface area contributed by atoms with Crippen molar-refractivity contribution in [2.24, 2.45) is 0 Å². The van der Waals surface area contributed by atoms with Gasteiger partial charge in [0.25, 0.3) is 0 Å². The van der Waals surface area contributed by atoms with E-state index in [2.05, 4.69) is 5.32 Å². The van der Waals surface area contributed by atoms with Crippen molar-refractivity contribution in [3.63, 3.8) is 0 Å². The summed E-state index contributed by atoms with van der Waals surface area (Å²) in [6.45, 7) is 2.98. The van der Waals surface area contributed by atoms with E-state index < -0.39 is 0 Å². The maximum absolute atomic E-state index is 12.3. The zero-order valence-electron chi connectivity index (χ0n) is 11.8. The quantitative estimate of drug-likeness (QED) is 0.839. The summed E-state index contributed by atoms with van der Waals surface area (Å²) in [4.78, 5) is 14.0. The van der Waals surface area contributed by atoms with Crippen LogP contribution in [0.15, 0.2) is 48.5 Å². The van der Waals surface area contributed by atoms with Crippen molar-refractivity contribution in [2.45, 2.75) is 13.5 Å². The van der Waals surface area contributed by atoms with Gasteiger partial charge in [0.05, 0.1) is 0 Å². The fraction of sp³-hybridized carbons (Fsp3) is 0.188. The van der Waals surface area contributed by atoms with E-state index in [1.54, 1.807) is 29.2 Å². The molecule has 5 heteroatoms. The Morgan fingerprint density at radius 3 is 2.67 bits per heavy atom. The minimum absolute atomic E-state index is 0.178. The highest BCUT2D eigenvalue weighted by Crippen LogP contribution is 2.17. The van der Waals surface area contributed by atoms with Crippen LogP contribution in [0.5, 0.6) is 0 Å². The first-order chi connectivity index (χ1) is 10.1. The standard InChI is InChI=1S/C16H18ClN3O/c1-2-20(11-12-6-3-4-9-15(12)18)16(21)19-14-8-5-7-13(17)10-14/h3-10H,2,11,18H2,1H3,(H,19,21). The van der Waals surface area contributed by atoms with Crippen molar-refractivity contribution in [3.8, 4) is 0 Å². The number of nitrogens with one attached hydrogen (secondary N) is 1. The molecule has 2 aromatic carbocycles. The summed E-state index contributed by atoms with van der Waals surface area (Å²) in [6.07, 6.45) is 0. The van der Waals surface area contributed by atoms with Gasteiger partial charge < -0.3 is 16.0 Å². The fourth-order valence-corrected chi connectivity index (χ4v) is 2.17. The third-order valence-corrected chi connectivity index (χ3v) is 3.40. The number of halogens is 1. The molecule has 0 fully saturated rings. The van der Waals surface area contributed by atoms with E-state index in [4.69, 9.17) is 17.3 Å². The number of hydrogen-bond donors (Lipinski definition) is 2. The molecule has 21 heavy (non-hydrogen) atoms. The number of nitrogens with two attached hydrogens (primary N) is 1. The van der Waals surface area contributed by atoms with Gasteiger partial charge in [-0.05, 0) is 36.8 Å². The molecule has 0 spiro atoms. The number of amides is 2. The molecule has 0 heterocycles. The van der Waals surface area contributed by atoms with Gasteiger partial charge in [0.15, 0.2) is 0 Å². The summed E-state index contributed by atoms with van der Waals surface area (Å²) in [5.41, 5.74) is 8.21. The molecule has 3 N–H and O–H groups in total. The fourth-order valence-electron chi connectivity index (χ4n) is 1.98. The Hall–Kier alpha value is -2.20. The molecule has 2 rings (SSSR count). The summed E-state index contributed by atoms with van der Waals surface area (Å²) >= 11 is 5.91. The van der Waals surface area contributed by atoms with Gasteiger partial charge in [-0.15, -0.1) is 0 Å². The molecule has 0 aromatic heterocycles. The van der Waals surface area contributed by atoms with Crippen molar-refractivity contribution in [1.82, 2.24) is 4.90 Å². The van der Waals surface area contributed by atoms with Crippen molar-refractivity contribution in [1.29, 1.82) is 0 Å². The summed E-state index contributed by atoms with van der Waals surface area (Å²) in [5, 5.41) is 3.42. The zero-order valence-corrected chi connectivity index (χ0v) is 12.6. The van der Waals surface area contributed by atoms with Crippen molar-refractivity contribution in [2.75, 3.05) is 17.6 Å². The molecular weight excluding hydrogens is 286 g/mol. The molecule has 0 saturated carbocycles. The number of hydrogen-bond acceptors (Lipinski definition) is 2. The molecule has 0 radical (unpaired) electrons. The molecule has 0 aliphatic rings. The summed E-state index contributed by atoms with van der Waals surface area (Å²) in [7, 11) is 0. The Kier molecular flexibility index (Phi) is 5.06. The van der Waals surface area contributed by atoms with Crippen LogP contribution in [0, 0.1) is 0 Å². The topological polar surface area (TPSA) is 58.4 Å². The van der Waals surface area contributed by atoms with E-state index in [1.165, 1.54) is 0 Å². The van der Waals surface area contributed by atoms with Gasteiger partial charge in [0, 0.05) is 29.5 Å². The van der Waals surface area contributed by atoms with E-state index >= 15 is 0 Å². The van der Waals surface area contributed by atoms with Crippen LogP contribution in [-0.4, -0.2) is 17.5 Å². The Morgan fingerprint density at radius 1 is 1.24 bits per heavy atom. The van der Waals surface area contributed by atoms with E-state index in [0.717, 1.165) is 5.56 Å². The average molecular weight is 304 g/mol. The lowest BCUT2D eigenvalue weighted by molar-refractivity contribution is 0.212. The van der Waals surface area contributed by atoms with Crippen molar-refractivity contribution in [3.05, 3.63) is 59.1 Å². The highest BCUT2D eigenvalue weighted by molar-refractivity contribution is 6.30. The lowest BCUT2D eigenvalue weighted by atomic mass is 10.1. The number of para-hydroxylation sites is 1. The predicted molar refractivity (Wildman–Crippen MR) is 87.4 cm³/mol. The Morgan fingerprint density at radius 2 is 2.00 bits per heavy atom. The lowest BCUT2D eigenvalue weighted by Gasteiger charge is -2.22. The molecule has 0 aliphatic heterocycles. The Bertz CT molecular complexity index is 630. The second-order valence-electron chi connectivity index (χ2n) is 4.65. The first-order valence-corrected chi connectivity index (χ1v) is 7.13. The van der Waals surface area contributed by atoms with Crippen LogP contribution in [0.1, 0.15) is 12.5 Å². The maximum Gasteiger partial charge on any atom is 0.322 e. The molecular formula is C16H18ClN3O. The average Bonchev–Trinajstić information content (AvgIpc) is 2.46. The molecule has 2 aromatic rings. The van der Waals surface area contributed by atoms with Gasteiger partial charge in [-0.2, -0.15) is 0 Å². The molecule has 0 unspecified atom stereocenters. The van der Waals surface area contributed by atoms with Crippen LogP contribution in [0.25, 0.3) is 0 Å². The van der Waals surface area contributed by atoms with Gasteiger partial charge in [-0.1, -0.05) is 35.9 Å². The number of nitrogen functional groups attached to an aromatic ring is 1.